The first kappa shape index (κ1) is 10.6. The minimum atomic E-state index is -1.08. The van der Waals surface area contributed by atoms with E-state index in [9.17, 15) is 4.79 Å². The molecule has 0 aromatic heterocycles. The Morgan fingerprint density at radius 1 is 1.53 bits per heavy atom. The average molecular weight is 200 g/mol. The molecule has 0 saturated heterocycles. The van der Waals surface area contributed by atoms with E-state index in [-0.39, 0.29) is 12.0 Å². The highest BCUT2D eigenvalue weighted by atomic mass is 16.4. The van der Waals surface area contributed by atoms with Crippen LogP contribution in [0.15, 0.2) is 18.2 Å². The second kappa shape index (κ2) is 4.69. The minimum Gasteiger partial charge on any atom is -0.478 e. The molecule has 3 N–H and O–H groups in total. The van der Waals surface area contributed by atoms with Crippen LogP contribution in [0.3, 0.4) is 0 Å². The predicted octanol–water partition coefficient (Wildman–Crippen LogP) is 1.23. The van der Waals surface area contributed by atoms with Gasteiger partial charge >= 0.3 is 5.97 Å². The number of carboxylic acid groups (broad SMARTS) is 1. The van der Waals surface area contributed by atoms with Gasteiger partial charge in [-0.15, -0.1) is 0 Å². The number of anilines is 1. The summed E-state index contributed by atoms with van der Waals surface area (Å²) in [5.74, 6) is 4.08. The van der Waals surface area contributed by atoms with Gasteiger partial charge in [-0.3, -0.25) is 0 Å². The Balaban J connectivity index is 3.15. The normalized spacial score (nSPS) is 8.47. The summed E-state index contributed by atoms with van der Waals surface area (Å²) >= 11 is 0. The molecule has 0 atom stereocenters. The van der Waals surface area contributed by atoms with Gasteiger partial charge in [0, 0.05) is 11.3 Å². The molecule has 0 aliphatic carbocycles. The van der Waals surface area contributed by atoms with Crippen molar-refractivity contribution < 1.29 is 9.90 Å². The average Bonchev–Trinajstić information content (AvgIpc) is 2.20. The Kier molecular flexibility index (Phi) is 3.32. The van der Waals surface area contributed by atoms with Crippen molar-refractivity contribution in [3.05, 3.63) is 29.3 Å². The number of nitriles is 1. The van der Waals surface area contributed by atoms with E-state index in [2.05, 4.69) is 11.8 Å². The van der Waals surface area contributed by atoms with Crippen molar-refractivity contribution in [1.29, 1.82) is 5.26 Å². The second-order valence-electron chi connectivity index (χ2n) is 2.75. The first-order valence-corrected chi connectivity index (χ1v) is 4.14. The third-order valence-electron chi connectivity index (χ3n) is 1.66. The molecule has 1 aromatic rings. The molecule has 0 radical (unpaired) electrons. The van der Waals surface area contributed by atoms with Gasteiger partial charge in [0.25, 0.3) is 0 Å². The maximum atomic E-state index is 10.8. The van der Waals surface area contributed by atoms with Gasteiger partial charge in [-0.05, 0) is 18.2 Å². The zero-order valence-corrected chi connectivity index (χ0v) is 7.82. The Hall–Kier alpha value is -2.46. The standard InChI is InChI=1S/C11H8N2O2/c12-6-2-1-3-8-4-5-9(13)7-10(8)11(14)15/h4-5,7H,2,13H2,(H,14,15). The SMILES string of the molecule is N#CCC#Cc1ccc(N)cc1C(=O)O. The van der Waals surface area contributed by atoms with Crippen LogP contribution in [0.25, 0.3) is 0 Å². The summed E-state index contributed by atoms with van der Waals surface area (Å²) in [4.78, 5) is 10.8. The van der Waals surface area contributed by atoms with Crippen LogP contribution < -0.4 is 5.73 Å². The molecular weight excluding hydrogens is 192 g/mol. The van der Waals surface area contributed by atoms with Gasteiger partial charge in [0.1, 0.15) is 0 Å². The lowest BCUT2D eigenvalue weighted by Crippen LogP contribution is -2.01. The lowest BCUT2D eigenvalue weighted by Gasteiger charge is -1.99. The van der Waals surface area contributed by atoms with Gasteiger partial charge in [-0.25, -0.2) is 4.79 Å². The lowest BCUT2D eigenvalue weighted by atomic mass is 10.1. The number of nitrogens with zero attached hydrogens (tertiary/aromatic N) is 1. The van der Waals surface area contributed by atoms with Crippen LogP contribution in [-0.2, 0) is 0 Å². The van der Waals surface area contributed by atoms with E-state index in [1.54, 1.807) is 6.07 Å². The highest BCUT2D eigenvalue weighted by Gasteiger charge is 2.08. The molecule has 4 nitrogen and oxygen atoms in total. The van der Waals surface area contributed by atoms with E-state index in [1.807, 2.05) is 6.07 Å². The molecule has 0 amide bonds. The highest BCUT2D eigenvalue weighted by molar-refractivity contribution is 5.91. The maximum Gasteiger partial charge on any atom is 0.337 e. The molecule has 1 aromatic carbocycles. The number of carboxylic acids is 1. The molecule has 4 heteroatoms. The van der Waals surface area contributed by atoms with Crippen molar-refractivity contribution >= 4 is 11.7 Å². The van der Waals surface area contributed by atoms with Gasteiger partial charge in [0.2, 0.25) is 0 Å². The van der Waals surface area contributed by atoms with E-state index in [4.69, 9.17) is 16.1 Å². The number of rotatable bonds is 1. The maximum absolute atomic E-state index is 10.8. The Labute approximate surface area is 86.9 Å². The molecule has 0 unspecified atom stereocenters. The molecule has 0 aliphatic rings. The molecule has 0 heterocycles. The van der Waals surface area contributed by atoms with E-state index < -0.39 is 5.97 Å². The summed E-state index contributed by atoms with van der Waals surface area (Å²) in [7, 11) is 0. The van der Waals surface area contributed by atoms with Crippen molar-refractivity contribution in [3.8, 4) is 17.9 Å². The van der Waals surface area contributed by atoms with Crippen molar-refractivity contribution in [3.63, 3.8) is 0 Å². The van der Waals surface area contributed by atoms with Crippen molar-refractivity contribution in [2.75, 3.05) is 5.73 Å². The summed E-state index contributed by atoms with van der Waals surface area (Å²) in [6.45, 7) is 0. The smallest absolute Gasteiger partial charge is 0.337 e. The molecule has 15 heavy (non-hydrogen) atoms. The summed E-state index contributed by atoms with van der Waals surface area (Å²) in [5, 5.41) is 17.1. The number of hydrogen-bond donors (Lipinski definition) is 2. The molecule has 0 aliphatic heterocycles. The van der Waals surface area contributed by atoms with Gasteiger partial charge in [-0.1, -0.05) is 11.8 Å². The summed E-state index contributed by atoms with van der Waals surface area (Å²) < 4.78 is 0. The van der Waals surface area contributed by atoms with Crippen molar-refractivity contribution in [1.82, 2.24) is 0 Å². The first-order valence-electron chi connectivity index (χ1n) is 4.14. The molecule has 74 valence electrons. The second-order valence-corrected chi connectivity index (χ2v) is 2.75. The molecule has 0 spiro atoms. The zero-order chi connectivity index (χ0) is 11.3. The summed E-state index contributed by atoms with van der Waals surface area (Å²) in [5.41, 5.74) is 6.25. The third kappa shape index (κ3) is 2.75. The van der Waals surface area contributed by atoms with Crippen LogP contribution in [0.4, 0.5) is 5.69 Å². The number of benzene rings is 1. The van der Waals surface area contributed by atoms with E-state index in [0.717, 1.165) is 0 Å². The molecule has 0 saturated carbocycles. The third-order valence-corrected chi connectivity index (χ3v) is 1.66. The fourth-order valence-corrected chi connectivity index (χ4v) is 1.03. The van der Waals surface area contributed by atoms with E-state index in [1.165, 1.54) is 12.1 Å². The molecular formula is C11H8N2O2. The Bertz CT molecular complexity index is 490. The largest absolute Gasteiger partial charge is 0.478 e. The topological polar surface area (TPSA) is 87.1 Å². The van der Waals surface area contributed by atoms with E-state index in [0.29, 0.717) is 11.3 Å². The van der Waals surface area contributed by atoms with Gasteiger partial charge in [0.15, 0.2) is 0 Å². The fraction of sp³-hybridized carbons (Fsp3) is 0.0909. The predicted molar refractivity (Wildman–Crippen MR) is 54.9 cm³/mol. The van der Waals surface area contributed by atoms with Crippen LogP contribution in [-0.4, -0.2) is 11.1 Å². The minimum absolute atomic E-state index is 0.0560. The van der Waals surface area contributed by atoms with Crippen molar-refractivity contribution in [2.45, 2.75) is 6.42 Å². The quantitative estimate of drug-likeness (QED) is 0.527. The number of nitrogens with two attached hydrogens (primary N) is 1. The van der Waals surface area contributed by atoms with Gasteiger partial charge < -0.3 is 10.8 Å². The van der Waals surface area contributed by atoms with Crippen LogP contribution in [0, 0.1) is 23.2 Å². The monoisotopic (exact) mass is 200 g/mol. The fourth-order valence-electron chi connectivity index (χ4n) is 1.03. The van der Waals surface area contributed by atoms with Gasteiger partial charge in [0.05, 0.1) is 18.1 Å². The van der Waals surface area contributed by atoms with Crippen molar-refractivity contribution in [2.24, 2.45) is 0 Å². The van der Waals surface area contributed by atoms with Gasteiger partial charge in [-0.2, -0.15) is 5.26 Å². The first-order chi connectivity index (χ1) is 7.15. The van der Waals surface area contributed by atoms with Crippen LogP contribution in [0.1, 0.15) is 22.3 Å². The summed E-state index contributed by atoms with van der Waals surface area (Å²) in [6.07, 6.45) is 0.0729. The number of aromatic carboxylic acids is 1. The Morgan fingerprint density at radius 3 is 2.87 bits per heavy atom. The zero-order valence-electron chi connectivity index (χ0n) is 7.82. The van der Waals surface area contributed by atoms with E-state index >= 15 is 0 Å². The lowest BCUT2D eigenvalue weighted by molar-refractivity contribution is 0.0696. The van der Waals surface area contributed by atoms with Crippen LogP contribution in [0.2, 0.25) is 0 Å². The van der Waals surface area contributed by atoms with Crippen LogP contribution in [0.5, 0.6) is 0 Å². The van der Waals surface area contributed by atoms with Crippen LogP contribution >= 0.6 is 0 Å². The Morgan fingerprint density at radius 2 is 2.27 bits per heavy atom. The number of nitrogen functional groups attached to an aromatic ring is 1. The molecule has 1 rings (SSSR count). The highest BCUT2D eigenvalue weighted by Crippen LogP contribution is 2.12. The molecule has 0 bridgehead atoms. The number of carbonyl (C=O) groups is 1. The summed E-state index contributed by atoms with van der Waals surface area (Å²) in [6, 6.07) is 6.30. The molecule has 0 fully saturated rings. The number of hydrogen-bond acceptors (Lipinski definition) is 3.